The molecule has 0 radical (unpaired) electrons. The van der Waals surface area contributed by atoms with E-state index in [2.05, 4.69) is 23.6 Å². The summed E-state index contributed by atoms with van der Waals surface area (Å²) in [7, 11) is 0. The van der Waals surface area contributed by atoms with Crippen LogP contribution < -0.4 is 0 Å². The Morgan fingerprint density at radius 1 is 1.19 bits per heavy atom. The maximum atomic E-state index is 9.44. The van der Waals surface area contributed by atoms with Crippen LogP contribution in [0.4, 0.5) is 0 Å². The van der Waals surface area contributed by atoms with Crippen molar-refractivity contribution in [1.82, 2.24) is 9.80 Å². The molecule has 0 amide bonds. The third-order valence-corrected chi connectivity index (χ3v) is 4.22. The van der Waals surface area contributed by atoms with Crippen molar-refractivity contribution < 1.29 is 5.11 Å². The van der Waals surface area contributed by atoms with Crippen molar-refractivity contribution in [3.05, 3.63) is 0 Å². The molecule has 2 fully saturated rings. The molecule has 3 nitrogen and oxygen atoms in total. The predicted molar refractivity (Wildman–Crippen MR) is 66.5 cm³/mol. The fraction of sp³-hybridized carbons (Fsp3) is 1.00. The molecule has 2 aliphatic rings. The summed E-state index contributed by atoms with van der Waals surface area (Å²) in [6, 6.07) is 1.65. The van der Waals surface area contributed by atoms with Crippen LogP contribution in [0.1, 0.15) is 39.5 Å². The number of hydrogen-bond donors (Lipinski definition) is 1. The Kier molecular flexibility index (Phi) is 4.22. The highest BCUT2D eigenvalue weighted by molar-refractivity contribution is 4.92. The van der Waals surface area contributed by atoms with E-state index in [4.69, 9.17) is 0 Å². The highest BCUT2D eigenvalue weighted by atomic mass is 16.3. The van der Waals surface area contributed by atoms with E-state index < -0.39 is 0 Å². The average molecular weight is 226 g/mol. The molecule has 16 heavy (non-hydrogen) atoms. The van der Waals surface area contributed by atoms with Gasteiger partial charge in [0.05, 0.1) is 6.61 Å². The Labute approximate surface area is 99.4 Å². The molecule has 3 heteroatoms. The summed E-state index contributed by atoms with van der Waals surface area (Å²) in [6.45, 7) is 8.50. The van der Waals surface area contributed by atoms with Gasteiger partial charge in [0.25, 0.3) is 0 Å². The highest BCUT2D eigenvalue weighted by Gasteiger charge is 2.36. The molecule has 0 bridgehead atoms. The zero-order chi connectivity index (χ0) is 11.5. The van der Waals surface area contributed by atoms with Gasteiger partial charge in [0.1, 0.15) is 0 Å². The minimum absolute atomic E-state index is 0.322. The van der Waals surface area contributed by atoms with Gasteiger partial charge in [-0.25, -0.2) is 0 Å². The van der Waals surface area contributed by atoms with E-state index >= 15 is 0 Å². The van der Waals surface area contributed by atoms with Gasteiger partial charge in [0.2, 0.25) is 0 Å². The number of piperidine rings is 1. The van der Waals surface area contributed by atoms with E-state index in [0.29, 0.717) is 24.7 Å². The summed E-state index contributed by atoms with van der Waals surface area (Å²) in [5, 5.41) is 9.44. The summed E-state index contributed by atoms with van der Waals surface area (Å²) in [5.41, 5.74) is 0. The molecule has 0 spiro atoms. The molecule has 0 aromatic rings. The van der Waals surface area contributed by atoms with Crippen LogP contribution in [0.15, 0.2) is 0 Å². The Hall–Kier alpha value is -0.120. The molecule has 2 saturated heterocycles. The Morgan fingerprint density at radius 3 is 2.38 bits per heavy atom. The van der Waals surface area contributed by atoms with E-state index in [1.807, 2.05) is 0 Å². The van der Waals surface area contributed by atoms with Crippen LogP contribution in [0.3, 0.4) is 0 Å². The third-order valence-electron chi connectivity index (χ3n) is 4.22. The molecule has 2 heterocycles. The standard InChI is InChI=1S/C13H26N2O/c1-11(2)15-9-12(8-13(15)10-16)14-6-4-3-5-7-14/h11-13,16H,3-10H2,1-2H3. The average Bonchev–Trinajstić information content (AvgIpc) is 2.74. The van der Waals surface area contributed by atoms with Gasteiger partial charge in [-0.1, -0.05) is 6.42 Å². The van der Waals surface area contributed by atoms with Crippen molar-refractivity contribution in [3.63, 3.8) is 0 Å². The lowest BCUT2D eigenvalue weighted by atomic mass is 10.1. The highest BCUT2D eigenvalue weighted by Crippen LogP contribution is 2.26. The summed E-state index contributed by atoms with van der Waals surface area (Å²) in [6.07, 6.45) is 5.29. The van der Waals surface area contributed by atoms with E-state index in [1.165, 1.54) is 32.4 Å². The predicted octanol–water partition coefficient (Wildman–Crippen LogP) is 1.32. The largest absolute Gasteiger partial charge is 0.395 e. The van der Waals surface area contributed by atoms with Gasteiger partial charge in [-0.05, 0) is 46.2 Å². The van der Waals surface area contributed by atoms with Gasteiger partial charge in [0.15, 0.2) is 0 Å². The molecule has 2 unspecified atom stereocenters. The summed E-state index contributed by atoms with van der Waals surface area (Å²) < 4.78 is 0. The van der Waals surface area contributed by atoms with Crippen molar-refractivity contribution in [3.8, 4) is 0 Å². The fourth-order valence-corrected chi connectivity index (χ4v) is 3.28. The minimum atomic E-state index is 0.322. The van der Waals surface area contributed by atoms with Crippen LogP contribution in [-0.4, -0.2) is 59.3 Å². The number of nitrogens with zero attached hydrogens (tertiary/aromatic N) is 2. The first-order valence-corrected chi connectivity index (χ1v) is 6.83. The van der Waals surface area contributed by atoms with Crippen LogP contribution in [-0.2, 0) is 0 Å². The summed E-state index contributed by atoms with van der Waals surface area (Å²) >= 11 is 0. The maximum Gasteiger partial charge on any atom is 0.0587 e. The van der Waals surface area contributed by atoms with Crippen LogP contribution in [0.5, 0.6) is 0 Å². The van der Waals surface area contributed by atoms with E-state index in [0.717, 1.165) is 13.0 Å². The number of hydrogen-bond acceptors (Lipinski definition) is 3. The first-order valence-electron chi connectivity index (χ1n) is 6.83. The number of likely N-dealkylation sites (tertiary alicyclic amines) is 2. The zero-order valence-corrected chi connectivity index (χ0v) is 10.7. The van der Waals surface area contributed by atoms with Crippen molar-refractivity contribution in [1.29, 1.82) is 0 Å². The van der Waals surface area contributed by atoms with Gasteiger partial charge in [-0.2, -0.15) is 0 Å². The van der Waals surface area contributed by atoms with Gasteiger partial charge >= 0.3 is 0 Å². The SMILES string of the molecule is CC(C)N1CC(N2CCCCC2)CC1CO. The van der Waals surface area contributed by atoms with Crippen LogP contribution in [0, 0.1) is 0 Å². The van der Waals surface area contributed by atoms with E-state index in [9.17, 15) is 5.11 Å². The van der Waals surface area contributed by atoms with E-state index in [1.54, 1.807) is 0 Å². The van der Waals surface area contributed by atoms with Crippen molar-refractivity contribution >= 4 is 0 Å². The van der Waals surface area contributed by atoms with Crippen LogP contribution >= 0.6 is 0 Å². The molecule has 2 aliphatic heterocycles. The zero-order valence-electron chi connectivity index (χ0n) is 10.7. The molecule has 1 N–H and O–H groups in total. The number of rotatable bonds is 3. The lowest BCUT2D eigenvalue weighted by Crippen LogP contribution is -2.42. The Morgan fingerprint density at radius 2 is 1.88 bits per heavy atom. The van der Waals surface area contributed by atoms with Crippen molar-refractivity contribution in [2.75, 3.05) is 26.2 Å². The first kappa shape index (κ1) is 12.3. The molecular weight excluding hydrogens is 200 g/mol. The normalized spacial score (nSPS) is 33.8. The van der Waals surface area contributed by atoms with Gasteiger partial charge in [0, 0.05) is 24.7 Å². The van der Waals surface area contributed by atoms with Gasteiger partial charge in [-0.3, -0.25) is 9.80 Å². The second-order valence-electron chi connectivity index (χ2n) is 5.61. The number of aliphatic hydroxyl groups is 1. The topological polar surface area (TPSA) is 26.7 Å². The molecule has 0 aromatic heterocycles. The van der Waals surface area contributed by atoms with Crippen LogP contribution in [0.2, 0.25) is 0 Å². The van der Waals surface area contributed by atoms with Crippen molar-refractivity contribution in [2.45, 2.75) is 57.7 Å². The van der Waals surface area contributed by atoms with Gasteiger partial charge in [-0.15, -0.1) is 0 Å². The fourth-order valence-electron chi connectivity index (χ4n) is 3.28. The molecule has 0 aromatic carbocycles. The minimum Gasteiger partial charge on any atom is -0.395 e. The molecule has 94 valence electrons. The number of aliphatic hydroxyl groups excluding tert-OH is 1. The molecular formula is C13H26N2O. The lowest BCUT2D eigenvalue weighted by Gasteiger charge is -2.32. The maximum absolute atomic E-state index is 9.44. The van der Waals surface area contributed by atoms with Crippen LogP contribution in [0.25, 0.3) is 0 Å². The molecule has 2 rings (SSSR count). The first-order chi connectivity index (χ1) is 7.72. The lowest BCUT2D eigenvalue weighted by molar-refractivity contribution is 0.128. The summed E-state index contributed by atoms with van der Waals surface area (Å²) in [5.74, 6) is 0. The quantitative estimate of drug-likeness (QED) is 0.786. The van der Waals surface area contributed by atoms with E-state index in [-0.39, 0.29) is 0 Å². The summed E-state index contributed by atoms with van der Waals surface area (Å²) in [4.78, 5) is 5.12. The smallest absolute Gasteiger partial charge is 0.0587 e. The van der Waals surface area contributed by atoms with Gasteiger partial charge < -0.3 is 5.11 Å². The molecule has 2 atom stereocenters. The third kappa shape index (κ3) is 2.58. The monoisotopic (exact) mass is 226 g/mol. The second kappa shape index (κ2) is 5.48. The second-order valence-corrected chi connectivity index (χ2v) is 5.61. The van der Waals surface area contributed by atoms with Crippen molar-refractivity contribution in [2.24, 2.45) is 0 Å². The Balaban J connectivity index is 1.92. The Bertz CT molecular complexity index is 214. The molecule has 0 aliphatic carbocycles. The molecule has 0 saturated carbocycles.